The van der Waals surface area contributed by atoms with Crippen molar-refractivity contribution in [1.82, 2.24) is 4.57 Å². The number of nitrogens with zero attached hydrogens (tertiary/aromatic N) is 1. The predicted molar refractivity (Wildman–Crippen MR) is 87.2 cm³/mol. The van der Waals surface area contributed by atoms with Gasteiger partial charge in [-0.25, -0.2) is 0 Å². The lowest BCUT2D eigenvalue weighted by Gasteiger charge is -2.20. The van der Waals surface area contributed by atoms with E-state index in [4.69, 9.17) is 16.6 Å². The van der Waals surface area contributed by atoms with E-state index in [9.17, 15) is 0 Å². The fraction of sp³-hybridized carbons (Fsp3) is 0.312. The summed E-state index contributed by atoms with van der Waals surface area (Å²) in [5.74, 6) is 0. The summed E-state index contributed by atoms with van der Waals surface area (Å²) in [4.78, 5) is 3.66. The molecular formula is C16H17N2OS2+. The molecule has 2 aromatic heterocycles. The smallest absolute Gasteiger partial charge is 0.274 e. The molecule has 3 aromatic rings. The Kier molecular flexibility index (Phi) is 3.41. The number of quaternary nitrogens is 1. The highest BCUT2D eigenvalue weighted by Gasteiger charge is 2.31. The first-order chi connectivity index (χ1) is 10.3. The van der Waals surface area contributed by atoms with Crippen LogP contribution in [-0.4, -0.2) is 11.1 Å². The van der Waals surface area contributed by atoms with E-state index < -0.39 is 0 Å². The quantitative estimate of drug-likeness (QED) is 0.748. The number of likely N-dealkylation sites (tertiary alicyclic amines) is 1. The minimum absolute atomic E-state index is 0.584. The molecule has 0 radical (unpaired) electrons. The molecule has 108 valence electrons. The average Bonchev–Trinajstić information content (AvgIpc) is 3.20. The monoisotopic (exact) mass is 317 g/mol. The number of oxazole rings is 1. The largest absolute Gasteiger partial charge is 0.429 e. The molecule has 21 heavy (non-hydrogen) atoms. The molecule has 4 rings (SSSR count). The summed E-state index contributed by atoms with van der Waals surface area (Å²) in [6.07, 6.45) is 2.54. The molecule has 1 N–H and O–H groups in total. The third kappa shape index (κ3) is 2.35. The van der Waals surface area contributed by atoms with Crippen LogP contribution in [0.1, 0.15) is 23.8 Å². The van der Waals surface area contributed by atoms with Crippen LogP contribution >= 0.6 is 23.6 Å². The highest BCUT2D eigenvalue weighted by atomic mass is 32.1. The van der Waals surface area contributed by atoms with E-state index in [1.807, 2.05) is 29.5 Å². The molecule has 1 saturated heterocycles. The normalized spacial score (nSPS) is 22.1. The number of hydrogen-bond acceptors (Lipinski definition) is 3. The molecule has 1 aliphatic heterocycles. The molecule has 0 aliphatic carbocycles. The van der Waals surface area contributed by atoms with E-state index in [1.54, 1.807) is 4.90 Å². The summed E-state index contributed by atoms with van der Waals surface area (Å²) < 4.78 is 7.85. The van der Waals surface area contributed by atoms with E-state index in [0.717, 1.165) is 17.8 Å². The highest BCUT2D eigenvalue weighted by Crippen LogP contribution is 2.24. The fourth-order valence-corrected chi connectivity index (χ4v) is 4.47. The van der Waals surface area contributed by atoms with E-state index >= 15 is 0 Å². The summed E-state index contributed by atoms with van der Waals surface area (Å²) in [5.41, 5.74) is 1.99. The van der Waals surface area contributed by atoms with Gasteiger partial charge in [0.2, 0.25) is 0 Å². The van der Waals surface area contributed by atoms with Crippen LogP contribution in [-0.2, 0) is 6.67 Å². The molecule has 5 heteroatoms. The average molecular weight is 317 g/mol. The Morgan fingerprint density at radius 3 is 3.05 bits per heavy atom. The van der Waals surface area contributed by atoms with Gasteiger partial charge in [-0.15, -0.1) is 11.3 Å². The van der Waals surface area contributed by atoms with Crippen LogP contribution in [0.25, 0.3) is 11.1 Å². The van der Waals surface area contributed by atoms with Crippen molar-refractivity contribution < 1.29 is 9.32 Å². The van der Waals surface area contributed by atoms with Crippen molar-refractivity contribution in [2.45, 2.75) is 25.6 Å². The van der Waals surface area contributed by atoms with Crippen LogP contribution in [0.15, 0.2) is 46.2 Å². The summed E-state index contributed by atoms with van der Waals surface area (Å²) in [5, 5.41) is 2.17. The van der Waals surface area contributed by atoms with Gasteiger partial charge in [-0.3, -0.25) is 4.57 Å². The minimum atomic E-state index is 0.584. The summed E-state index contributed by atoms with van der Waals surface area (Å²) >= 11 is 7.28. The predicted octanol–water partition coefficient (Wildman–Crippen LogP) is 3.40. The number of para-hydroxylation sites is 2. The van der Waals surface area contributed by atoms with Crippen LogP contribution in [0.5, 0.6) is 0 Å². The Labute approximate surface area is 132 Å². The van der Waals surface area contributed by atoms with E-state index in [-0.39, 0.29) is 0 Å². The van der Waals surface area contributed by atoms with Crippen LogP contribution in [0.3, 0.4) is 0 Å². The molecule has 1 aliphatic rings. The van der Waals surface area contributed by atoms with Crippen molar-refractivity contribution in [1.29, 1.82) is 0 Å². The van der Waals surface area contributed by atoms with Gasteiger partial charge in [-0.2, -0.15) is 0 Å². The number of fused-ring (bicyclic) bond motifs is 1. The highest BCUT2D eigenvalue weighted by molar-refractivity contribution is 7.71. The molecule has 0 amide bonds. The van der Waals surface area contributed by atoms with Gasteiger partial charge in [-0.1, -0.05) is 18.2 Å². The first-order valence-electron chi connectivity index (χ1n) is 7.29. The summed E-state index contributed by atoms with van der Waals surface area (Å²) in [7, 11) is 0. The van der Waals surface area contributed by atoms with Gasteiger partial charge in [0.1, 0.15) is 6.04 Å². The maximum Gasteiger partial charge on any atom is 0.274 e. The van der Waals surface area contributed by atoms with E-state index in [1.165, 1.54) is 24.3 Å². The van der Waals surface area contributed by atoms with Gasteiger partial charge in [0, 0.05) is 12.8 Å². The maximum absolute atomic E-state index is 5.70. The Bertz CT molecular complexity index is 803. The van der Waals surface area contributed by atoms with Crippen molar-refractivity contribution in [2.24, 2.45) is 0 Å². The lowest BCUT2D eigenvalue weighted by atomic mass is 10.2. The van der Waals surface area contributed by atoms with Crippen LogP contribution in [0.4, 0.5) is 0 Å². The van der Waals surface area contributed by atoms with Crippen LogP contribution in [0, 0.1) is 4.84 Å². The van der Waals surface area contributed by atoms with Crippen molar-refractivity contribution in [3.63, 3.8) is 0 Å². The summed E-state index contributed by atoms with van der Waals surface area (Å²) in [6, 6.07) is 13.1. The third-order valence-electron chi connectivity index (χ3n) is 4.31. The van der Waals surface area contributed by atoms with Crippen molar-refractivity contribution in [2.75, 3.05) is 6.54 Å². The molecule has 3 heterocycles. The number of aromatic nitrogens is 1. The van der Waals surface area contributed by atoms with Crippen molar-refractivity contribution >= 4 is 34.7 Å². The molecule has 0 saturated carbocycles. The molecule has 1 fully saturated rings. The molecule has 1 aromatic carbocycles. The van der Waals surface area contributed by atoms with Gasteiger partial charge in [0.25, 0.3) is 4.84 Å². The Hall–Kier alpha value is -1.43. The molecule has 0 bridgehead atoms. The third-order valence-corrected chi connectivity index (χ3v) is 5.59. The number of thiophene rings is 1. The number of rotatable bonds is 3. The molecule has 3 nitrogen and oxygen atoms in total. The zero-order valence-electron chi connectivity index (χ0n) is 11.6. The van der Waals surface area contributed by atoms with E-state index in [2.05, 4.69) is 28.1 Å². The van der Waals surface area contributed by atoms with Gasteiger partial charge in [0.15, 0.2) is 12.3 Å². The number of hydrogen-bond donors (Lipinski definition) is 1. The molecular weight excluding hydrogens is 300 g/mol. The fourth-order valence-electron chi connectivity index (χ4n) is 3.30. The second-order valence-corrected chi connectivity index (χ2v) is 6.87. The maximum atomic E-state index is 5.70. The number of nitrogens with one attached hydrogen (secondary N) is 1. The van der Waals surface area contributed by atoms with Crippen LogP contribution in [0.2, 0.25) is 0 Å². The molecule has 1 unspecified atom stereocenters. The first-order valence-corrected chi connectivity index (χ1v) is 8.58. The Morgan fingerprint density at radius 2 is 2.19 bits per heavy atom. The lowest BCUT2D eigenvalue weighted by molar-refractivity contribution is -0.940. The number of benzene rings is 1. The Balaban J connectivity index is 1.68. The van der Waals surface area contributed by atoms with Crippen molar-refractivity contribution in [3.8, 4) is 0 Å². The lowest BCUT2D eigenvalue weighted by Crippen LogP contribution is -3.09. The zero-order valence-corrected chi connectivity index (χ0v) is 13.3. The summed E-state index contributed by atoms with van der Waals surface area (Å²) in [6.45, 7) is 2.09. The molecule has 0 spiro atoms. The van der Waals surface area contributed by atoms with Gasteiger partial charge in [-0.05, 0) is 35.8 Å². The van der Waals surface area contributed by atoms with Crippen LogP contribution < -0.4 is 4.90 Å². The SMILES string of the molecule is S=c1oc2ccccc2n1C[NH+]1CCC[C@@H]1c1cccs1. The zero-order chi connectivity index (χ0) is 14.2. The van der Waals surface area contributed by atoms with E-state index in [0.29, 0.717) is 10.9 Å². The minimum Gasteiger partial charge on any atom is -0.429 e. The van der Waals surface area contributed by atoms with Gasteiger partial charge < -0.3 is 9.32 Å². The second kappa shape index (κ2) is 5.40. The van der Waals surface area contributed by atoms with Gasteiger partial charge in [0.05, 0.1) is 16.9 Å². The topological polar surface area (TPSA) is 22.5 Å². The molecule has 2 atom stereocenters. The Morgan fingerprint density at radius 1 is 1.29 bits per heavy atom. The standard InChI is InChI=1S/C16H16N2OS2/c20-16-18(12-5-1-2-7-14(12)19-16)11-17-9-3-6-13(17)15-8-4-10-21-15/h1-2,4-5,7-8,10,13H,3,6,9,11H2/p+1/t13-/m1/s1. The first kappa shape index (κ1) is 13.2. The van der Waals surface area contributed by atoms with Gasteiger partial charge >= 0.3 is 0 Å². The second-order valence-electron chi connectivity index (χ2n) is 5.54. The van der Waals surface area contributed by atoms with Crippen molar-refractivity contribution in [3.05, 3.63) is 51.5 Å².